The quantitative estimate of drug-likeness (QED) is 0.928. The first-order valence-electron chi connectivity index (χ1n) is 6.08. The van der Waals surface area contributed by atoms with E-state index in [0.717, 1.165) is 14.5 Å². The third-order valence-electron chi connectivity index (χ3n) is 3.37. The van der Waals surface area contributed by atoms with E-state index in [1.165, 1.54) is 17.5 Å². The molecule has 1 fully saturated rings. The SMILES string of the molecule is O=C(O)C1CCCN1S(=O)(=O)c1cnc2ccsc2c1. The number of sulfonamides is 1. The molecule has 106 valence electrons. The van der Waals surface area contributed by atoms with Crippen molar-refractivity contribution in [3.8, 4) is 0 Å². The zero-order chi connectivity index (χ0) is 14.3. The van der Waals surface area contributed by atoms with Gasteiger partial charge >= 0.3 is 5.97 Å². The second kappa shape index (κ2) is 4.80. The minimum atomic E-state index is -3.81. The summed E-state index contributed by atoms with van der Waals surface area (Å²) in [6.07, 6.45) is 2.20. The van der Waals surface area contributed by atoms with Crippen molar-refractivity contribution < 1.29 is 18.3 Å². The summed E-state index contributed by atoms with van der Waals surface area (Å²) in [6, 6.07) is 2.39. The Hall–Kier alpha value is -1.51. The van der Waals surface area contributed by atoms with Crippen molar-refractivity contribution in [2.24, 2.45) is 0 Å². The Bertz CT molecular complexity index is 769. The van der Waals surface area contributed by atoms with E-state index in [1.807, 2.05) is 11.4 Å². The van der Waals surface area contributed by atoms with Gasteiger partial charge in [0, 0.05) is 12.7 Å². The third kappa shape index (κ3) is 2.09. The molecule has 0 saturated carbocycles. The largest absolute Gasteiger partial charge is 0.480 e. The first kappa shape index (κ1) is 13.5. The van der Waals surface area contributed by atoms with Crippen molar-refractivity contribution in [2.75, 3.05) is 6.54 Å². The van der Waals surface area contributed by atoms with E-state index in [-0.39, 0.29) is 11.4 Å². The lowest BCUT2D eigenvalue weighted by Gasteiger charge is -2.20. The maximum Gasteiger partial charge on any atom is 0.322 e. The topological polar surface area (TPSA) is 87.6 Å². The lowest BCUT2D eigenvalue weighted by Crippen LogP contribution is -2.40. The minimum absolute atomic E-state index is 0.0561. The number of thiophene rings is 1. The zero-order valence-electron chi connectivity index (χ0n) is 10.4. The molecule has 2 aromatic rings. The Morgan fingerprint density at radius 3 is 3.05 bits per heavy atom. The van der Waals surface area contributed by atoms with Gasteiger partial charge in [-0.05, 0) is 30.4 Å². The van der Waals surface area contributed by atoms with Gasteiger partial charge in [0.2, 0.25) is 10.0 Å². The fraction of sp³-hybridized carbons (Fsp3) is 0.333. The molecular weight excluding hydrogens is 300 g/mol. The average Bonchev–Trinajstić information content (AvgIpc) is 3.06. The van der Waals surface area contributed by atoms with Crippen molar-refractivity contribution in [3.05, 3.63) is 23.7 Å². The standard InChI is InChI=1S/C12H12N2O4S2/c15-12(16)10-2-1-4-14(10)20(17,18)8-6-11-9(13-7-8)3-5-19-11/h3,5-7,10H,1-2,4H2,(H,15,16). The molecule has 6 nitrogen and oxygen atoms in total. The predicted octanol–water partition coefficient (Wildman–Crippen LogP) is 1.53. The van der Waals surface area contributed by atoms with Crippen LogP contribution in [0.4, 0.5) is 0 Å². The molecule has 1 N–H and O–H groups in total. The monoisotopic (exact) mass is 312 g/mol. The van der Waals surface area contributed by atoms with Crippen molar-refractivity contribution in [1.82, 2.24) is 9.29 Å². The number of hydrogen-bond acceptors (Lipinski definition) is 5. The fourth-order valence-electron chi connectivity index (χ4n) is 2.38. The highest BCUT2D eigenvalue weighted by atomic mass is 32.2. The minimum Gasteiger partial charge on any atom is -0.480 e. The molecule has 0 aromatic carbocycles. The Kier molecular flexibility index (Phi) is 3.23. The zero-order valence-corrected chi connectivity index (χ0v) is 12.0. The van der Waals surface area contributed by atoms with Gasteiger partial charge in [-0.3, -0.25) is 9.78 Å². The van der Waals surface area contributed by atoms with E-state index in [1.54, 1.807) is 6.07 Å². The smallest absolute Gasteiger partial charge is 0.322 e. The van der Waals surface area contributed by atoms with Gasteiger partial charge in [-0.1, -0.05) is 0 Å². The van der Waals surface area contributed by atoms with Crippen LogP contribution in [0.5, 0.6) is 0 Å². The molecular formula is C12H12N2O4S2. The molecule has 0 radical (unpaired) electrons. The number of nitrogens with zero attached hydrogens (tertiary/aromatic N) is 2. The molecule has 2 aromatic heterocycles. The van der Waals surface area contributed by atoms with E-state index in [0.29, 0.717) is 12.8 Å². The van der Waals surface area contributed by atoms with Gasteiger partial charge in [-0.2, -0.15) is 4.31 Å². The molecule has 1 unspecified atom stereocenters. The second-order valence-electron chi connectivity index (χ2n) is 4.59. The number of aromatic nitrogens is 1. The Balaban J connectivity index is 2.04. The molecule has 8 heteroatoms. The maximum absolute atomic E-state index is 12.5. The molecule has 20 heavy (non-hydrogen) atoms. The van der Waals surface area contributed by atoms with Crippen molar-refractivity contribution >= 4 is 37.5 Å². The van der Waals surface area contributed by atoms with Crippen LogP contribution < -0.4 is 0 Å². The summed E-state index contributed by atoms with van der Waals surface area (Å²) < 4.78 is 26.9. The molecule has 0 amide bonds. The van der Waals surface area contributed by atoms with E-state index in [9.17, 15) is 13.2 Å². The Labute approximate surface area is 119 Å². The summed E-state index contributed by atoms with van der Waals surface area (Å²) in [5.74, 6) is -1.10. The lowest BCUT2D eigenvalue weighted by molar-refractivity contribution is -0.140. The van der Waals surface area contributed by atoms with Crippen LogP contribution in [-0.4, -0.2) is 41.4 Å². The number of pyridine rings is 1. The molecule has 1 aliphatic rings. The highest BCUT2D eigenvalue weighted by Crippen LogP contribution is 2.28. The first-order valence-corrected chi connectivity index (χ1v) is 8.40. The molecule has 1 aliphatic heterocycles. The van der Waals surface area contributed by atoms with E-state index in [2.05, 4.69) is 4.98 Å². The number of fused-ring (bicyclic) bond motifs is 1. The molecule has 0 aliphatic carbocycles. The number of carboxylic acids is 1. The van der Waals surface area contributed by atoms with Crippen molar-refractivity contribution in [2.45, 2.75) is 23.8 Å². The van der Waals surface area contributed by atoms with Crippen LogP contribution in [0.1, 0.15) is 12.8 Å². The molecule has 3 rings (SSSR count). The number of hydrogen-bond donors (Lipinski definition) is 1. The van der Waals surface area contributed by atoms with Crippen LogP contribution in [0, 0.1) is 0 Å². The summed E-state index contributed by atoms with van der Waals surface area (Å²) in [5, 5.41) is 11.0. The maximum atomic E-state index is 12.5. The highest BCUT2D eigenvalue weighted by Gasteiger charge is 2.39. The fourth-order valence-corrected chi connectivity index (χ4v) is 4.86. The summed E-state index contributed by atoms with van der Waals surface area (Å²) in [4.78, 5) is 15.3. The number of carboxylic acid groups (broad SMARTS) is 1. The van der Waals surface area contributed by atoms with E-state index >= 15 is 0 Å². The number of carbonyl (C=O) groups is 1. The van der Waals surface area contributed by atoms with Crippen LogP contribution in [0.2, 0.25) is 0 Å². The Morgan fingerprint density at radius 2 is 2.30 bits per heavy atom. The van der Waals surface area contributed by atoms with Gasteiger partial charge in [0.05, 0.1) is 10.2 Å². The van der Waals surface area contributed by atoms with E-state index < -0.39 is 22.0 Å². The molecule has 3 heterocycles. The van der Waals surface area contributed by atoms with Crippen LogP contribution in [0.25, 0.3) is 10.2 Å². The summed E-state index contributed by atoms with van der Waals surface area (Å²) in [5.41, 5.74) is 0.741. The summed E-state index contributed by atoms with van der Waals surface area (Å²) in [7, 11) is -3.81. The molecule has 0 spiro atoms. The Morgan fingerprint density at radius 1 is 1.50 bits per heavy atom. The van der Waals surface area contributed by atoms with Crippen molar-refractivity contribution in [3.63, 3.8) is 0 Å². The van der Waals surface area contributed by atoms with Crippen LogP contribution in [0.15, 0.2) is 28.6 Å². The van der Waals surface area contributed by atoms with Gasteiger partial charge in [-0.15, -0.1) is 11.3 Å². The average molecular weight is 312 g/mol. The van der Waals surface area contributed by atoms with Gasteiger partial charge in [0.15, 0.2) is 0 Å². The molecule has 0 bridgehead atoms. The number of rotatable bonds is 3. The van der Waals surface area contributed by atoms with Crippen LogP contribution in [0.3, 0.4) is 0 Å². The molecule has 1 atom stereocenters. The second-order valence-corrected chi connectivity index (χ2v) is 7.43. The van der Waals surface area contributed by atoms with Gasteiger partial charge in [0.25, 0.3) is 0 Å². The highest BCUT2D eigenvalue weighted by molar-refractivity contribution is 7.89. The third-order valence-corrected chi connectivity index (χ3v) is 6.10. The molecule has 1 saturated heterocycles. The first-order chi connectivity index (χ1) is 9.50. The number of aliphatic carboxylic acids is 1. The predicted molar refractivity (Wildman–Crippen MR) is 74.2 cm³/mol. The summed E-state index contributed by atoms with van der Waals surface area (Å²) >= 11 is 1.41. The normalized spacial score (nSPS) is 20.5. The van der Waals surface area contributed by atoms with Crippen LogP contribution in [-0.2, 0) is 14.8 Å². The van der Waals surface area contributed by atoms with Crippen molar-refractivity contribution in [1.29, 1.82) is 0 Å². The van der Waals surface area contributed by atoms with Gasteiger partial charge in [-0.25, -0.2) is 8.42 Å². The van der Waals surface area contributed by atoms with Crippen LogP contribution >= 0.6 is 11.3 Å². The van der Waals surface area contributed by atoms with Gasteiger partial charge in [0.1, 0.15) is 10.9 Å². The van der Waals surface area contributed by atoms with Gasteiger partial charge < -0.3 is 5.11 Å². The summed E-state index contributed by atoms with van der Waals surface area (Å²) in [6.45, 7) is 0.238. The lowest BCUT2D eigenvalue weighted by atomic mass is 10.2. The van der Waals surface area contributed by atoms with E-state index in [4.69, 9.17) is 5.11 Å².